The molecule has 22 heavy (non-hydrogen) atoms. The number of thiazole rings is 1. The van der Waals surface area contributed by atoms with E-state index in [-0.39, 0.29) is 10.5 Å². The van der Waals surface area contributed by atoms with E-state index in [0.29, 0.717) is 31.5 Å². The molecule has 0 unspecified atom stereocenters. The zero-order valence-electron chi connectivity index (χ0n) is 10.7. The van der Waals surface area contributed by atoms with Crippen molar-refractivity contribution >= 4 is 40.4 Å². The van der Waals surface area contributed by atoms with Gasteiger partial charge in [-0.25, -0.2) is 4.99 Å². The Morgan fingerprint density at radius 3 is 2.77 bits per heavy atom. The number of carbonyl (C=O) groups is 2. The zero-order valence-corrected chi connectivity index (χ0v) is 12.3. The lowest BCUT2D eigenvalue weighted by Crippen LogP contribution is -2.22. The molecule has 1 aliphatic rings. The standard InChI is InChI=1S/C13H7ClN2O5S/c14-5-1-2-7-6(3-5)9(11(19)15-7)10-12(20)16(4-8(17)18)13(21)22-10/h1-3,20H,4H2,(H,17,18). The second kappa shape index (κ2) is 5.08. The van der Waals surface area contributed by atoms with Gasteiger partial charge in [0.2, 0.25) is 5.88 Å². The molecular formula is C13H7ClN2O5S. The molecule has 0 fully saturated rings. The zero-order chi connectivity index (χ0) is 16.0. The summed E-state index contributed by atoms with van der Waals surface area (Å²) < 4.78 is 0.686. The highest BCUT2D eigenvalue weighted by Gasteiger charge is 2.26. The van der Waals surface area contributed by atoms with Gasteiger partial charge < -0.3 is 10.2 Å². The normalized spacial score (nSPS) is 13.1. The first-order chi connectivity index (χ1) is 10.4. The first kappa shape index (κ1) is 14.5. The summed E-state index contributed by atoms with van der Waals surface area (Å²) in [5, 5.41) is 20.0. The maximum absolute atomic E-state index is 12.1. The van der Waals surface area contributed by atoms with Gasteiger partial charge in [-0.05, 0) is 18.2 Å². The molecule has 0 radical (unpaired) electrons. The van der Waals surface area contributed by atoms with Crippen LogP contribution in [0, 0.1) is 0 Å². The van der Waals surface area contributed by atoms with Gasteiger partial charge in [-0.3, -0.25) is 19.0 Å². The molecule has 1 aromatic heterocycles. The van der Waals surface area contributed by atoms with Crippen molar-refractivity contribution in [1.29, 1.82) is 0 Å². The van der Waals surface area contributed by atoms with Crippen LogP contribution in [0.15, 0.2) is 28.0 Å². The number of benzene rings is 1. The average Bonchev–Trinajstić information content (AvgIpc) is 2.88. The number of rotatable bonds is 3. The number of aromatic hydroxyl groups is 1. The summed E-state index contributed by atoms with van der Waals surface area (Å²) in [5.41, 5.74) is 0.0428. The van der Waals surface area contributed by atoms with E-state index >= 15 is 0 Å². The van der Waals surface area contributed by atoms with Crippen molar-refractivity contribution in [3.05, 3.63) is 48.3 Å². The van der Waals surface area contributed by atoms with Gasteiger partial charge >= 0.3 is 10.8 Å². The van der Waals surface area contributed by atoms with Crippen LogP contribution >= 0.6 is 22.9 Å². The number of carboxylic acid groups (broad SMARTS) is 1. The van der Waals surface area contributed by atoms with E-state index in [0.717, 1.165) is 0 Å². The summed E-state index contributed by atoms with van der Waals surface area (Å²) in [5.74, 6) is -2.46. The van der Waals surface area contributed by atoms with Crippen LogP contribution in [0.2, 0.25) is 5.02 Å². The summed E-state index contributed by atoms with van der Waals surface area (Å²) >= 11 is 6.49. The number of nitrogens with zero attached hydrogens (tertiary/aromatic N) is 2. The average molecular weight is 339 g/mol. The largest absolute Gasteiger partial charge is 0.493 e. The van der Waals surface area contributed by atoms with Crippen molar-refractivity contribution in [3.63, 3.8) is 0 Å². The lowest BCUT2D eigenvalue weighted by atomic mass is 10.1. The lowest BCUT2D eigenvalue weighted by molar-refractivity contribution is -0.137. The topological polar surface area (TPSA) is 109 Å². The SMILES string of the molecule is O=C(O)Cn1c(O)c(C2=c3cc(Cl)ccc3=NC2=O)sc1=O. The third-order valence-electron chi connectivity index (χ3n) is 3.05. The van der Waals surface area contributed by atoms with Crippen molar-refractivity contribution in [2.24, 2.45) is 4.99 Å². The number of carbonyl (C=O) groups excluding carboxylic acids is 1. The van der Waals surface area contributed by atoms with Crippen molar-refractivity contribution < 1.29 is 19.8 Å². The number of hydrogen-bond acceptors (Lipinski definition) is 5. The number of aromatic nitrogens is 1. The fourth-order valence-corrected chi connectivity index (χ4v) is 3.25. The highest BCUT2D eigenvalue weighted by Crippen LogP contribution is 2.28. The number of aliphatic carboxylic acids is 1. The van der Waals surface area contributed by atoms with Crippen LogP contribution in [0.5, 0.6) is 5.88 Å². The number of fused-ring (bicyclic) bond motifs is 1. The quantitative estimate of drug-likeness (QED) is 0.799. The van der Waals surface area contributed by atoms with E-state index in [4.69, 9.17) is 16.7 Å². The Morgan fingerprint density at radius 1 is 1.36 bits per heavy atom. The first-order valence-electron chi connectivity index (χ1n) is 5.96. The highest BCUT2D eigenvalue weighted by atomic mass is 35.5. The minimum Gasteiger partial charge on any atom is -0.493 e. The van der Waals surface area contributed by atoms with Gasteiger partial charge in [0.05, 0.1) is 10.9 Å². The van der Waals surface area contributed by atoms with Gasteiger partial charge in [-0.2, -0.15) is 0 Å². The number of carboxylic acids is 1. The van der Waals surface area contributed by atoms with Gasteiger partial charge in [0.25, 0.3) is 5.91 Å². The van der Waals surface area contributed by atoms with Crippen LogP contribution in [0.1, 0.15) is 4.88 Å². The monoisotopic (exact) mass is 338 g/mol. The van der Waals surface area contributed by atoms with Gasteiger partial charge in [-0.15, -0.1) is 0 Å². The Bertz CT molecular complexity index is 1000. The van der Waals surface area contributed by atoms with E-state index in [1.165, 1.54) is 6.07 Å². The first-order valence-corrected chi connectivity index (χ1v) is 7.15. The van der Waals surface area contributed by atoms with Crippen LogP contribution < -0.4 is 15.4 Å². The Morgan fingerprint density at radius 2 is 2.09 bits per heavy atom. The van der Waals surface area contributed by atoms with Crippen molar-refractivity contribution in [2.45, 2.75) is 6.54 Å². The molecule has 1 aromatic carbocycles. The van der Waals surface area contributed by atoms with Crippen molar-refractivity contribution in [2.75, 3.05) is 0 Å². The number of halogens is 1. The van der Waals surface area contributed by atoms with E-state index in [1.54, 1.807) is 12.1 Å². The molecule has 2 heterocycles. The van der Waals surface area contributed by atoms with Gasteiger partial charge in [-0.1, -0.05) is 22.9 Å². The second-order valence-electron chi connectivity index (χ2n) is 4.45. The molecule has 3 rings (SSSR count). The van der Waals surface area contributed by atoms with Crippen LogP contribution in [0.3, 0.4) is 0 Å². The van der Waals surface area contributed by atoms with Crippen LogP contribution in [-0.4, -0.2) is 26.7 Å². The van der Waals surface area contributed by atoms with Gasteiger partial charge in [0.15, 0.2) is 0 Å². The molecule has 0 spiro atoms. The van der Waals surface area contributed by atoms with Crippen molar-refractivity contribution in [1.82, 2.24) is 4.57 Å². The van der Waals surface area contributed by atoms with Crippen LogP contribution in [0.25, 0.3) is 5.57 Å². The van der Waals surface area contributed by atoms with Gasteiger partial charge in [0.1, 0.15) is 11.4 Å². The van der Waals surface area contributed by atoms with E-state index < -0.39 is 29.2 Å². The predicted molar refractivity (Wildman–Crippen MR) is 77.6 cm³/mol. The Kier molecular flexibility index (Phi) is 3.34. The molecule has 2 N–H and O–H groups in total. The molecule has 112 valence electrons. The smallest absolute Gasteiger partial charge is 0.323 e. The van der Waals surface area contributed by atoms with Crippen LogP contribution in [-0.2, 0) is 16.1 Å². The maximum Gasteiger partial charge on any atom is 0.323 e. The number of hydrogen-bond donors (Lipinski definition) is 2. The molecular weight excluding hydrogens is 332 g/mol. The summed E-state index contributed by atoms with van der Waals surface area (Å²) in [6.07, 6.45) is 0. The summed E-state index contributed by atoms with van der Waals surface area (Å²) in [4.78, 5) is 37.7. The minimum atomic E-state index is -1.28. The molecule has 0 saturated carbocycles. The Hall–Kier alpha value is -2.45. The second-order valence-corrected chi connectivity index (χ2v) is 5.85. The van der Waals surface area contributed by atoms with E-state index in [9.17, 15) is 19.5 Å². The predicted octanol–water partition coefficient (Wildman–Crippen LogP) is -0.288. The summed E-state index contributed by atoms with van der Waals surface area (Å²) in [6, 6.07) is 4.63. The third-order valence-corrected chi connectivity index (χ3v) is 4.27. The third kappa shape index (κ3) is 2.22. The number of amides is 1. The van der Waals surface area contributed by atoms with E-state index in [2.05, 4.69) is 4.99 Å². The van der Waals surface area contributed by atoms with E-state index in [1.807, 2.05) is 0 Å². The molecule has 2 aromatic rings. The Labute approximate surface area is 131 Å². The van der Waals surface area contributed by atoms with Crippen molar-refractivity contribution in [3.8, 4) is 5.88 Å². The summed E-state index contributed by atoms with van der Waals surface area (Å²) in [7, 11) is 0. The fraction of sp³-hybridized carbons (Fsp3) is 0.0769. The fourth-order valence-electron chi connectivity index (χ4n) is 2.14. The molecule has 0 saturated heterocycles. The molecule has 0 atom stereocenters. The molecule has 7 nitrogen and oxygen atoms in total. The molecule has 0 bridgehead atoms. The van der Waals surface area contributed by atoms with Crippen LogP contribution in [0.4, 0.5) is 0 Å². The summed E-state index contributed by atoms with van der Waals surface area (Å²) in [6.45, 7) is -0.692. The molecule has 0 aliphatic carbocycles. The maximum atomic E-state index is 12.1. The highest BCUT2D eigenvalue weighted by molar-refractivity contribution is 7.11. The molecule has 9 heteroatoms. The minimum absolute atomic E-state index is 0.0129. The lowest BCUT2D eigenvalue weighted by Gasteiger charge is -2.01. The molecule has 1 aliphatic heterocycles. The molecule has 1 amide bonds. The Balaban J connectivity index is 2.31. The van der Waals surface area contributed by atoms with Gasteiger partial charge in [0, 0.05) is 10.2 Å².